The third-order valence-electron chi connectivity index (χ3n) is 2.62. The van der Waals surface area contributed by atoms with Crippen molar-refractivity contribution in [3.63, 3.8) is 0 Å². The smallest absolute Gasteiger partial charge is 0.239 e. The van der Waals surface area contributed by atoms with E-state index in [-0.39, 0.29) is 42.0 Å². The number of amides is 1. The fraction of sp³-hybridized carbons (Fsp3) is 0.562. The SMILES string of the molecule is CCNC(=NCc1cccc(C)n1)NCC(=O)NC(C)(C)C.I. The van der Waals surface area contributed by atoms with Crippen molar-refractivity contribution in [3.8, 4) is 0 Å². The van der Waals surface area contributed by atoms with Crippen LogP contribution in [0.5, 0.6) is 0 Å². The standard InChI is InChI=1S/C16H27N5O.HI/c1-6-17-15(19-11-14(22)21-16(3,4)5)18-10-13-9-7-8-12(2)20-13;/h7-9H,6,10-11H2,1-5H3,(H,21,22)(H2,17,18,19);1H. The molecular weight excluding hydrogens is 405 g/mol. The van der Waals surface area contributed by atoms with Crippen molar-refractivity contribution in [2.24, 2.45) is 4.99 Å². The molecule has 1 aromatic heterocycles. The second-order valence-electron chi connectivity index (χ2n) is 6.12. The van der Waals surface area contributed by atoms with E-state index >= 15 is 0 Å². The van der Waals surface area contributed by atoms with Crippen molar-refractivity contribution in [2.45, 2.75) is 46.7 Å². The van der Waals surface area contributed by atoms with Gasteiger partial charge in [0.2, 0.25) is 5.91 Å². The molecule has 7 heteroatoms. The molecular formula is C16H28IN5O. The average molecular weight is 433 g/mol. The molecule has 0 fully saturated rings. The van der Waals surface area contributed by atoms with Crippen molar-refractivity contribution in [1.82, 2.24) is 20.9 Å². The van der Waals surface area contributed by atoms with Gasteiger partial charge >= 0.3 is 0 Å². The minimum Gasteiger partial charge on any atom is -0.357 e. The number of guanidine groups is 1. The van der Waals surface area contributed by atoms with Gasteiger partial charge in [0, 0.05) is 17.8 Å². The van der Waals surface area contributed by atoms with E-state index in [9.17, 15) is 4.79 Å². The number of pyridine rings is 1. The maximum absolute atomic E-state index is 11.8. The molecule has 0 aliphatic rings. The highest BCUT2D eigenvalue weighted by molar-refractivity contribution is 14.0. The Morgan fingerprint density at radius 2 is 1.96 bits per heavy atom. The van der Waals surface area contributed by atoms with Gasteiger partial charge in [-0.05, 0) is 46.8 Å². The van der Waals surface area contributed by atoms with E-state index in [2.05, 4.69) is 25.9 Å². The van der Waals surface area contributed by atoms with E-state index < -0.39 is 0 Å². The first-order valence-electron chi connectivity index (χ1n) is 7.56. The molecule has 0 aliphatic carbocycles. The summed E-state index contributed by atoms with van der Waals surface area (Å²) in [5, 5.41) is 9.05. The highest BCUT2D eigenvalue weighted by Gasteiger charge is 2.13. The van der Waals surface area contributed by atoms with Gasteiger partial charge in [0.25, 0.3) is 0 Å². The molecule has 0 unspecified atom stereocenters. The molecule has 0 aromatic carbocycles. The zero-order valence-corrected chi connectivity index (χ0v) is 16.9. The van der Waals surface area contributed by atoms with Crippen molar-refractivity contribution in [2.75, 3.05) is 13.1 Å². The summed E-state index contributed by atoms with van der Waals surface area (Å²) in [6, 6.07) is 5.85. The van der Waals surface area contributed by atoms with Crippen LogP contribution in [0.4, 0.5) is 0 Å². The van der Waals surface area contributed by atoms with Gasteiger partial charge in [-0.25, -0.2) is 4.99 Å². The molecule has 1 heterocycles. The lowest BCUT2D eigenvalue weighted by molar-refractivity contribution is -0.121. The second-order valence-corrected chi connectivity index (χ2v) is 6.12. The van der Waals surface area contributed by atoms with Crippen LogP contribution in [-0.4, -0.2) is 35.5 Å². The minimum absolute atomic E-state index is 0. The lowest BCUT2D eigenvalue weighted by Gasteiger charge is -2.21. The number of aryl methyl sites for hydroxylation is 1. The van der Waals surface area contributed by atoms with Crippen LogP contribution in [0, 0.1) is 6.92 Å². The number of hydrogen-bond acceptors (Lipinski definition) is 3. The molecule has 130 valence electrons. The van der Waals surface area contributed by atoms with E-state index in [0.717, 1.165) is 17.9 Å². The molecule has 0 spiro atoms. The summed E-state index contributed by atoms with van der Waals surface area (Å²) < 4.78 is 0. The van der Waals surface area contributed by atoms with Crippen LogP contribution in [0.25, 0.3) is 0 Å². The molecule has 1 amide bonds. The summed E-state index contributed by atoms with van der Waals surface area (Å²) in [4.78, 5) is 20.7. The van der Waals surface area contributed by atoms with Crippen molar-refractivity contribution >= 4 is 35.8 Å². The number of carbonyl (C=O) groups excluding carboxylic acids is 1. The largest absolute Gasteiger partial charge is 0.357 e. The lowest BCUT2D eigenvalue weighted by Crippen LogP contribution is -2.48. The van der Waals surface area contributed by atoms with Crippen LogP contribution in [0.15, 0.2) is 23.2 Å². The lowest BCUT2D eigenvalue weighted by atomic mass is 10.1. The molecule has 0 radical (unpaired) electrons. The van der Waals surface area contributed by atoms with Crippen LogP contribution in [0.1, 0.15) is 39.1 Å². The van der Waals surface area contributed by atoms with Gasteiger partial charge in [-0.15, -0.1) is 24.0 Å². The Balaban J connectivity index is 0.00000484. The fourth-order valence-corrected chi connectivity index (χ4v) is 1.82. The number of carbonyl (C=O) groups is 1. The van der Waals surface area contributed by atoms with Gasteiger partial charge in [0.1, 0.15) is 0 Å². The van der Waals surface area contributed by atoms with Crippen molar-refractivity contribution in [1.29, 1.82) is 0 Å². The number of aromatic nitrogens is 1. The number of nitrogens with one attached hydrogen (secondary N) is 3. The summed E-state index contributed by atoms with van der Waals surface area (Å²) in [5.74, 6) is 0.543. The Kier molecular flexibility index (Phi) is 9.78. The highest BCUT2D eigenvalue weighted by atomic mass is 127. The van der Waals surface area contributed by atoms with E-state index in [1.807, 2.05) is 52.8 Å². The van der Waals surface area contributed by atoms with Crippen LogP contribution in [0.2, 0.25) is 0 Å². The summed E-state index contributed by atoms with van der Waals surface area (Å²) >= 11 is 0. The minimum atomic E-state index is -0.236. The third-order valence-corrected chi connectivity index (χ3v) is 2.62. The predicted molar refractivity (Wildman–Crippen MR) is 105 cm³/mol. The molecule has 3 N–H and O–H groups in total. The number of rotatable bonds is 5. The topological polar surface area (TPSA) is 78.4 Å². The summed E-state index contributed by atoms with van der Waals surface area (Å²) in [6.45, 7) is 11.2. The van der Waals surface area contributed by atoms with Gasteiger partial charge in [-0.2, -0.15) is 0 Å². The molecule has 1 aromatic rings. The molecule has 0 saturated carbocycles. The van der Waals surface area contributed by atoms with Crippen molar-refractivity contribution in [3.05, 3.63) is 29.6 Å². The van der Waals surface area contributed by atoms with E-state index in [1.54, 1.807) is 0 Å². The molecule has 6 nitrogen and oxygen atoms in total. The molecule has 1 rings (SSSR count). The van der Waals surface area contributed by atoms with Gasteiger partial charge in [-0.3, -0.25) is 9.78 Å². The Hall–Kier alpha value is -1.38. The predicted octanol–water partition coefficient (Wildman–Crippen LogP) is 1.98. The first-order valence-corrected chi connectivity index (χ1v) is 7.56. The highest BCUT2D eigenvalue weighted by Crippen LogP contribution is 2.00. The van der Waals surface area contributed by atoms with Crippen molar-refractivity contribution < 1.29 is 4.79 Å². The van der Waals surface area contributed by atoms with Crippen LogP contribution >= 0.6 is 24.0 Å². The molecule has 0 saturated heterocycles. The first kappa shape index (κ1) is 21.6. The zero-order chi connectivity index (χ0) is 16.6. The molecule has 0 bridgehead atoms. The number of halogens is 1. The van der Waals surface area contributed by atoms with Crippen LogP contribution in [0.3, 0.4) is 0 Å². The van der Waals surface area contributed by atoms with Gasteiger partial charge in [-0.1, -0.05) is 6.07 Å². The molecule has 0 aliphatic heterocycles. The Bertz CT molecular complexity index is 525. The summed E-state index contributed by atoms with van der Waals surface area (Å²) in [7, 11) is 0. The molecule has 23 heavy (non-hydrogen) atoms. The zero-order valence-electron chi connectivity index (χ0n) is 14.6. The van der Waals surface area contributed by atoms with Crippen LogP contribution < -0.4 is 16.0 Å². The monoisotopic (exact) mass is 433 g/mol. The number of nitrogens with zero attached hydrogens (tertiary/aromatic N) is 2. The quantitative estimate of drug-likeness (QED) is 0.377. The third kappa shape index (κ3) is 10.1. The van der Waals surface area contributed by atoms with E-state index in [0.29, 0.717) is 12.5 Å². The maximum Gasteiger partial charge on any atom is 0.239 e. The van der Waals surface area contributed by atoms with Gasteiger partial charge in [0.15, 0.2) is 5.96 Å². The number of hydrogen-bond donors (Lipinski definition) is 3. The van der Waals surface area contributed by atoms with Crippen LogP contribution in [-0.2, 0) is 11.3 Å². The van der Waals surface area contributed by atoms with Gasteiger partial charge in [0.05, 0.1) is 18.8 Å². The average Bonchev–Trinajstić information content (AvgIpc) is 2.40. The Morgan fingerprint density at radius 3 is 2.52 bits per heavy atom. The normalized spacial score (nSPS) is 11.4. The summed E-state index contributed by atoms with van der Waals surface area (Å²) in [5.41, 5.74) is 1.63. The van der Waals surface area contributed by atoms with E-state index in [4.69, 9.17) is 0 Å². The number of aliphatic imine (C=N–C) groups is 1. The molecule has 0 atom stereocenters. The second kappa shape index (κ2) is 10.4. The Labute approximate surface area is 156 Å². The fourth-order valence-electron chi connectivity index (χ4n) is 1.82. The summed E-state index contributed by atoms with van der Waals surface area (Å²) in [6.07, 6.45) is 0. The Morgan fingerprint density at radius 1 is 1.26 bits per heavy atom. The maximum atomic E-state index is 11.8. The van der Waals surface area contributed by atoms with E-state index in [1.165, 1.54) is 0 Å². The first-order chi connectivity index (χ1) is 10.3. The van der Waals surface area contributed by atoms with Gasteiger partial charge < -0.3 is 16.0 Å².